The summed E-state index contributed by atoms with van der Waals surface area (Å²) in [5, 5.41) is 0. The van der Waals surface area contributed by atoms with Gasteiger partial charge in [0.25, 0.3) is 0 Å². The van der Waals surface area contributed by atoms with Gasteiger partial charge in [-0.3, -0.25) is 4.99 Å². The zero-order valence-electron chi connectivity index (χ0n) is 11.5. The van der Waals surface area contributed by atoms with Crippen LogP contribution in [0, 0.1) is 5.82 Å². The van der Waals surface area contributed by atoms with Crippen molar-refractivity contribution < 1.29 is 4.39 Å². The predicted octanol–water partition coefficient (Wildman–Crippen LogP) is 3.92. The molecule has 1 atom stereocenters. The highest BCUT2D eigenvalue weighted by Gasteiger charge is 2.17. The summed E-state index contributed by atoms with van der Waals surface area (Å²) in [5.41, 5.74) is 1.34. The number of aryl methyl sites for hydroxylation is 1. The normalized spacial score (nSPS) is 18.8. The van der Waals surface area contributed by atoms with E-state index in [4.69, 9.17) is 0 Å². The van der Waals surface area contributed by atoms with Gasteiger partial charge >= 0.3 is 0 Å². The molecular formula is C14H16FN3S2. The van der Waals surface area contributed by atoms with Crippen LogP contribution in [0.1, 0.15) is 19.7 Å². The lowest BCUT2D eigenvalue weighted by atomic mass is 10.3. The second kappa shape index (κ2) is 5.77. The minimum Gasteiger partial charge on any atom is -0.327 e. The molecule has 0 radical (unpaired) electrons. The lowest BCUT2D eigenvalue weighted by molar-refractivity contribution is 0.637. The third kappa shape index (κ3) is 2.59. The lowest BCUT2D eigenvalue weighted by Crippen LogP contribution is -2.00. The van der Waals surface area contributed by atoms with Gasteiger partial charge in [-0.25, -0.2) is 9.37 Å². The Morgan fingerprint density at radius 1 is 1.50 bits per heavy atom. The molecule has 1 aliphatic heterocycles. The second-order valence-electron chi connectivity index (χ2n) is 4.72. The number of para-hydroxylation sites is 1. The first-order valence-electron chi connectivity index (χ1n) is 6.66. The van der Waals surface area contributed by atoms with Crippen molar-refractivity contribution in [1.29, 1.82) is 0 Å². The van der Waals surface area contributed by atoms with E-state index in [0.717, 1.165) is 33.8 Å². The van der Waals surface area contributed by atoms with Crippen molar-refractivity contribution in [2.75, 3.05) is 5.75 Å². The number of nitrogens with zero attached hydrogens (tertiary/aromatic N) is 3. The Balaban J connectivity index is 1.87. The fourth-order valence-electron chi connectivity index (χ4n) is 2.28. The topological polar surface area (TPSA) is 30.2 Å². The van der Waals surface area contributed by atoms with Gasteiger partial charge in [0.1, 0.15) is 15.7 Å². The molecule has 0 spiro atoms. The lowest BCUT2D eigenvalue weighted by Gasteiger charge is -2.05. The predicted molar refractivity (Wildman–Crippen MR) is 86.0 cm³/mol. The summed E-state index contributed by atoms with van der Waals surface area (Å²) in [7, 11) is 0. The molecule has 1 aromatic carbocycles. The van der Waals surface area contributed by atoms with Gasteiger partial charge in [-0.1, -0.05) is 29.6 Å². The van der Waals surface area contributed by atoms with E-state index in [1.54, 1.807) is 29.6 Å². The highest BCUT2D eigenvalue weighted by molar-refractivity contribution is 8.38. The summed E-state index contributed by atoms with van der Waals surface area (Å²) < 4.78 is 17.0. The van der Waals surface area contributed by atoms with Crippen LogP contribution >= 0.6 is 23.5 Å². The van der Waals surface area contributed by atoms with Crippen molar-refractivity contribution in [1.82, 2.24) is 9.55 Å². The SMILES string of the molecule is CCn1c(CSC2=N[C@@H](C)CS2)nc2c(F)cccc21. The number of hydrogen-bond acceptors (Lipinski definition) is 4. The molecule has 0 bridgehead atoms. The van der Waals surface area contributed by atoms with E-state index >= 15 is 0 Å². The van der Waals surface area contributed by atoms with Crippen LogP contribution in [-0.2, 0) is 12.3 Å². The molecule has 0 unspecified atom stereocenters. The van der Waals surface area contributed by atoms with Gasteiger partial charge in [0, 0.05) is 12.3 Å². The molecule has 106 valence electrons. The van der Waals surface area contributed by atoms with Crippen molar-refractivity contribution >= 4 is 38.9 Å². The molecule has 20 heavy (non-hydrogen) atoms. The molecule has 2 heterocycles. The number of hydrogen-bond donors (Lipinski definition) is 0. The zero-order chi connectivity index (χ0) is 14.1. The van der Waals surface area contributed by atoms with Gasteiger partial charge in [-0.15, -0.1) is 0 Å². The maximum atomic E-state index is 13.8. The highest BCUT2D eigenvalue weighted by atomic mass is 32.2. The smallest absolute Gasteiger partial charge is 0.151 e. The molecule has 1 aliphatic rings. The average molecular weight is 309 g/mol. The number of aromatic nitrogens is 2. The van der Waals surface area contributed by atoms with Crippen LogP contribution in [0.15, 0.2) is 23.2 Å². The van der Waals surface area contributed by atoms with Crippen LogP contribution in [0.4, 0.5) is 4.39 Å². The van der Waals surface area contributed by atoms with E-state index in [-0.39, 0.29) is 5.82 Å². The van der Waals surface area contributed by atoms with Gasteiger partial charge in [-0.2, -0.15) is 0 Å². The van der Waals surface area contributed by atoms with Crippen LogP contribution in [-0.4, -0.2) is 25.7 Å². The molecule has 0 saturated heterocycles. The van der Waals surface area contributed by atoms with Gasteiger partial charge < -0.3 is 4.57 Å². The van der Waals surface area contributed by atoms with Crippen LogP contribution < -0.4 is 0 Å². The van der Waals surface area contributed by atoms with Crippen LogP contribution in [0.5, 0.6) is 0 Å². The number of imidazole rings is 1. The quantitative estimate of drug-likeness (QED) is 0.861. The van der Waals surface area contributed by atoms with Gasteiger partial charge in [0.05, 0.1) is 17.3 Å². The van der Waals surface area contributed by atoms with E-state index in [0.29, 0.717) is 11.6 Å². The molecule has 3 nitrogen and oxygen atoms in total. The summed E-state index contributed by atoms with van der Waals surface area (Å²) in [6.07, 6.45) is 0. The average Bonchev–Trinajstić information content (AvgIpc) is 3.00. The molecule has 1 aromatic heterocycles. The Kier molecular flexibility index (Phi) is 4.03. The number of halogens is 1. The number of aliphatic imine (C=N–C) groups is 1. The van der Waals surface area contributed by atoms with Crippen LogP contribution in [0.2, 0.25) is 0 Å². The Morgan fingerprint density at radius 2 is 2.35 bits per heavy atom. The number of fused-ring (bicyclic) bond motifs is 1. The van der Waals surface area contributed by atoms with Gasteiger partial charge in [0.2, 0.25) is 0 Å². The van der Waals surface area contributed by atoms with E-state index in [9.17, 15) is 4.39 Å². The molecule has 0 N–H and O–H groups in total. The number of thioether (sulfide) groups is 2. The minimum atomic E-state index is -0.248. The van der Waals surface area contributed by atoms with Crippen LogP contribution in [0.25, 0.3) is 11.0 Å². The summed E-state index contributed by atoms with van der Waals surface area (Å²) in [6.45, 7) is 4.98. The molecule has 6 heteroatoms. The van der Waals surface area contributed by atoms with Gasteiger partial charge in [0.15, 0.2) is 5.82 Å². The standard InChI is InChI=1S/C14H16FN3S2/c1-3-18-11-6-4-5-10(15)13(11)17-12(18)8-20-14-16-9(2)7-19-14/h4-6,9H,3,7-8H2,1-2H3/t9-/m0/s1. The van der Waals surface area contributed by atoms with E-state index in [1.807, 2.05) is 6.07 Å². The largest absolute Gasteiger partial charge is 0.327 e. The Morgan fingerprint density at radius 3 is 3.05 bits per heavy atom. The molecule has 0 fully saturated rings. The summed E-state index contributed by atoms with van der Waals surface area (Å²) in [5.74, 6) is 2.46. The summed E-state index contributed by atoms with van der Waals surface area (Å²) in [4.78, 5) is 9.03. The third-order valence-electron chi connectivity index (χ3n) is 3.22. The summed E-state index contributed by atoms with van der Waals surface area (Å²) in [6, 6.07) is 5.53. The molecule has 2 aromatic rings. The second-order valence-corrected chi connectivity index (χ2v) is 6.95. The fourth-order valence-corrected chi connectivity index (χ4v) is 4.43. The maximum Gasteiger partial charge on any atom is 0.151 e. The third-order valence-corrected chi connectivity index (χ3v) is 5.69. The van der Waals surface area contributed by atoms with Crippen molar-refractivity contribution in [2.45, 2.75) is 32.2 Å². The first-order valence-corrected chi connectivity index (χ1v) is 8.63. The first kappa shape index (κ1) is 13.9. The van der Waals surface area contributed by atoms with Crippen molar-refractivity contribution in [3.63, 3.8) is 0 Å². The molecule has 0 amide bonds. The van der Waals surface area contributed by atoms with E-state index in [1.165, 1.54) is 6.07 Å². The Bertz CT molecular complexity index is 666. The monoisotopic (exact) mass is 309 g/mol. The molecule has 0 aliphatic carbocycles. The fraction of sp³-hybridized carbons (Fsp3) is 0.429. The van der Waals surface area contributed by atoms with Crippen molar-refractivity contribution in [3.05, 3.63) is 29.8 Å². The highest BCUT2D eigenvalue weighted by Crippen LogP contribution is 2.29. The number of benzene rings is 1. The first-order chi connectivity index (χ1) is 9.69. The zero-order valence-corrected chi connectivity index (χ0v) is 13.1. The van der Waals surface area contributed by atoms with Crippen molar-refractivity contribution in [2.24, 2.45) is 4.99 Å². The number of rotatable bonds is 3. The minimum absolute atomic E-state index is 0.248. The van der Waals surface area contributed by atoms with Gasteiger partial charge in [-0.05, 0) is 26.0 Å². The molecular weight excluding hydrogens is 293 g/mol. The summed E-state index contributed by atoms with van der Waals surface area (Å²) >= 11 is 3.49. The maximum absolute atomic E-state index is 13.8. The molecule has 0 saturated carbocycles. The molecule has 3 rings (SSSR count). The van der Waals surface area contributed by atoms with Crippen LogP contribution in [0.3, 0.4) is 0 Å². The van der Waals surface area contributed by atoms with E-state index in [2.05, 4.69) is 28.4 Å². The Labute approximate surface area is 126 Å². The Hall–Kier alpha value is -1.01. The van der Waals surface area contributed by atoms with E-state index < -0.39 is 0 Å². The van der Waals surface area contributed by atoms with Crippen molar-refractivity contribution in [3.8, 4) is 0 Å².